The zero-order valence-electron chi connectivity index (χ0n) is 12.7. The Morgan fingerprint density at radius 2 is 1.86 bits per heavy atom. The van der Waals surface area contributed by atoms with Crippen LogP contribution in [0.2, 0.25) is 0 Å². The van der Waals surface area contributed by atoms with Crippen molar-refractivity contribution in [2.75, 3.05) is 0 Å². The first-order valence-electron chi connectivity index (χ1n) is 8.02. The van der Waals surface area contributed by atoms with Gasteiger partial charge in [-0.1, -0.05) is 25.2 Å². The van der Waals surface area contributed by atoms with Gasteiger partial charge in [0.25, 0.3) is 0 Å². The van der Waals surface area contributed by atoms with Gasteiger partial charge >= 0.3 is 0 Å². The molecule has 0 aromatic carbocycles. The fraction of sp³-hybridized carbons (Fsp3) is 0.556. The zero-order chi connectivity index (χ0) is 15.8. The number of hydrogen-bond donors (Lipinski definition) is 2. The highest BCUT2D eigenvalue weighted by Crippen LogP contribution is 2.59. The van der Waals surface area contributed by atoms with Crippen LogP contribution in [-0.2, 0) is 9.59 Å². The molecule has 116 valence electrons. The number of aliphatic hydroxyl groups excluding tert-OH is 2. The first-order chi connectivity index (χ1) is 10.5. The van der Waals surface area contributed by atoms with Crippen LogP contribution in [-0.4, -0.2) is 27.9 Å². The number of hydrogen-bond acceptors (Lipinski definition) is 4. The van der Waals surface area contributed by atoms with E-state index in [9.17, 15) is 19.8 Å². The Morgan fingerprint density at radius 3 is 2.55 bits per heavy atom. The summed E-state index contributed by atoms with van der Waals surface area (Å²) in [7, 11) is 0. The Balaban J connectivity index is 1.89. The number of fused-ring (bicyclic) bond motifs is 6. The Hall–Kier alpha value is -1.68. The molecule has 0 spiro atoms. The topological polar surface area (TPSA) is 74.6 Å². The molecule has 0 amide bonds. The lowest BCUT2D eigenvalue weighted by atomic mass is 9.57. The molecule has 0 saturated heterocycles. The normalized spacial score (nSPS) is 48.1. The number of aliphatic hydroxyl groups is 2. The highest BCUT2D eigenvalue weighted by atomic mass is 16.3. The molecule has 22 heavy (non-hydrogen) atoms. The van der Waals surface area contributed by atoms with Crippen molar-refractivity contribution in [2.45, 2.75) is 26.4 Å². The molecule has 0 aromatic rings. The summed E-state index contributed by atoms with van der Waals surface area (Å²) in [6.07, 6.45) is 5.83. The summed E-state index contributed by atoms with van der Waals surface area (Å²) >= 11 is 0. The van der Waals surface area contributed by atoms with E-state index < -0.39 is 23.6 Å². The zero-order valence-corrected chi connectivity index (χ0v) is 12.7. The van der Waals surface area contributed by atoms with Gasteiger partial charge in [-0.2, -0.15) is 0 Å². The van der Waals surface area contributed by atoms with E-state index in [1.54, 1.807) is 13.0 Å². The van der Waals surface area contributed by atoms with Crippen LogP contribution in [0.15, 0.2) is 35.1 Å². The van der Waals surface area contributed by atoms with Crippen LogP contribution < -0.4 is 0 Å². The number of carbonyl (C=O) groups excluding carboxylic acids is 2. The largest absolute Gasteiger partial charge is 0.504 e. The Bertz CT molecular complexity index is 669. The fourth-order valence-corrected chi connectivity index (χ4v) is 5.40. The van der Waals surface area contributed by atoms with Crippen LogP contribution >= 0.6 is 0 Å². The summed E-state index contributed by atoms with van der Waals surface area (Å²) in [6, 6.07) is 0. The lowest BCUT2D eigenvalue weighted by Crippen LogP contribution is -2.51. The van der Waals surface area contributed by atoms with Crippen molar-refractivity contribution in [3.05, 3.63) is 35.1 Å². The molecule has 2 saturated carbocycles. The summed E-state index contributed by atoms with van der Waals surface area (Å²) in [5.41, 5.74) is 0.390. The third-order valence-electron chi connectivity index (χ3n) is 6.30. The molecule has 2 bridgehead atoms. The number of carbonyl (C=O) groups is 2. The minimum Gasteiger partial charge on any atom is -0.504 e. The molecule has 0 aliphatic heterocycles. The van der Waals surface area contributed by atoms with Crippen LogP contribution in [0.5, 0.6) is 0 Å². The minimum atomic E-state index is -0.994. The number of rotatable bonds is 0. The van der Waals surface area contributed by atoms with Gasteiger partial charge < -0.3 is 10.2 Å². The van der Waals surface area contributed by atoms with Crippen LogP contribution in [0.4, 0.5) is 0 Å². The summed E-state index contributed by atoms with van der Waals surface area (Å²) < 4.78 is 0. The monoisotopic (exact) mass is 300 g/mol. The number of ketones is 2. The van der Waals surface area contributed by atoms with E-state index >= 15 is 0 Å². The van der Waals surface area contributed by atoms with Crippen molar-refractivity contribution in [3.63, 3.8) is 0 Å². The van der Waals surface area contributed by atoms with E-state index in [1.165, 1.54) is 0 Å². The van der Waals surface area contributed by atoms with Gasteiger partial charge in [0.05, 0.1) is 6.10 Å². The second-order valence-electron chi connectivity index (χ2n) is 7.08. The lowest BCUT2D eigenvalue weighted by Gasteiger charge is -2.46. The van der Waals surface area contributed by atoms with Gasteiger partial charge in [0, 0.05) is 23.0 Å². The van der Waals surface area contributed by atoms with Crippen molar-refractivity contribution in [1.82, 2.24) is 0 Å². The van der Waals surface area contributed by atoms with Crippen molar-refractivity contribution in [2.24, 2.45) is 35.5 Å². The third kappa shape index (κ3) is 1.46. The van der Waals surface area contributed by atoms with Gasteiger partial charge in [0.15, 0.2) is 11.5 Å². The highest BCUT2D eigenvalue weighted by Gasteiger charge is 2.59. The van der Waals surface area contributed by atoms with Crippen LogP contribution in [0, 0.1) is 35.5 Å². The molecule has 0 radical (unpaired) electrons. The Labute approximate surface area is 129 Å². The predicted molar refractivity (Wildman–Crippen MR) is 79.8 cm³/mol. The highest BCUT2D eigenvalue weighted by molar-refractivity contribution is 6.15. The average molecular weight is 300 g/mol. The SMILES string of the molecule is C/C=C1/C(=O)C(O)=C2C(=O)C3C4C=CC(C4)C3C(C)C2C1O. The second-order valence-corrected chi connectivity index (χ2v) is 7.08. The van der Waals surface area contributed by atoms with Crippen LogP contribution in [0.1, 0.15) is 20.3 Å². The molecule has 2 N–H and O–H groups in total. The molecule has 0 aromatic heterocycles. The summed E-state index contributed by atoms with van der Waals surface area (Å²) in [5.74, 6) is -0.869. The summed E-state index contributed by atoms with van der Waals surface area (Å²) in [5, 5.41) is 20.9. The molecule has 4 aliphatic rings. The maximum atomic E-state index is 12.9. The molecule has 4 nitrogen and oxygen atoms in total. The third-order valence-corrected chi connectivity index (χ3v) is 6.30. The fourth-order valence-electron chi connectivity index (χ4n) is 5.40. The molecule has 7 atom stereocenters. The van der Waals surface area contributed by atoms with E-state index in [0.717, 1.165) is 6.42 Å². The first kappa shape index (κ1) is 13.9. The first-order valence-corrected chi connectivity index (χ1v) is 8.02. The van der Waals surface area contributed by atoms with Crippen molar-refractivity contribution in [1.29, 1.82) is 0 Å². The van der Waals surface area contributed by atoms with Gasteiger partial charge in [0.2, 0.25) is 5.78 Å². The van der Waals surface area contributed by atoms with Gasteiger partial charge in [-0.15, -0.1) is 0 Å². The van der Waals surface area contributed by atoms with E-state index in [4.69, 9.17) is 0 Å². The number of allylic oxidation sites excluding steroid dienone is 4. The average Bonchev–Trinajstić information content (AvgIpc) is 3.10. The smallest absolute Gasteiger partial charge is 0.226 e. The number of Topliss-reactive ketones (excluding diaryl/α,β-unsaturated/α-hetero) is 2. The van der Waals surface area contributed by atoms with Crippen molar-refractivity contribution < 1.29 is 19.8 Å². The van der Waals surface area contributed by atoms with E-state index in [-0.39, 0.29) is 40.6 Å². The summed E-state index contributed by atoms with van der Waals surface area (Å²) in [4.78, 5) is 25.2. The molecule has 4 aliphatic carbocycles. The van der Waals surface area contributed by atoms with Gasteiger partial charge in [-0.05, 0) is 37.0 Å². The van der Waals surface area contributed by atoms with E-state index in [1.807, 2.05) is 6.92 Å². The molecular formula is C18H20O4. The second kappa shape index (κ2) is 4.42. The maximum absolute atomic E-state index is 12.9. The van der Waals surface area contributed by atoms with Crippen molar-refractivity contribution in [3.8, 4) is 0 Å². The predicted octanol–water partition coefficient (Wildman–Crippen LogP) is 1.96. The van der Waals surface area contributed by atoms with E-state index in [2.05, 4.69) is 12.2 Å². The molecule has 2 fully saturated rings. The lowest BCUT2D eigenvalue weighted by molar-refractivity contribution is -0.130. The van der Waals surface area contributed by atoms with Gasteiger partial charge in [-0.25, -0.2) is 0 Å². The van der Waals surface area contributed by atoms with E-state index in [0.29, 0.717) is 5.92 Å². The summed E-state index contributed by atoms with van der Waals surface area (Å²) in [6.45, 7) is 3.72. The Kier molecular flexibility index (Phi) is 2.80. The molecule has 4 heteroatoms. The van der Waals surface area contributed by atoms with Crippen LogP contribution in [0.3, 0.4) is 0 Å². The molecule has 7 unspecified atom stereocenters. The van der Waals surface area contributed by atoms with Gasteiger partial charge in [0.1, 0.15) is 0 Å². The maximum Gasteiger partial charge on any atom is 0.226 e. The molecular weight excluding hydrogens is 280 g/mol. The standard InChI is InChI=1S/C18H20O4/c1-3-10-15(19)12-7(2)11-8-4-5-9(6-8)13(11)17(21)14(12)18(22)16(10)20/h3-5,7-9,11-13,15,19,22H,6H2,1-2H3/b10-3+. The molecule has 4 rings (SSSR count). The van der Waals surface area contributed by atoms with Crippen molar-refractivity contribution >= 4 is 11.6 Å². The molecule has 0 heterocycles. The van der Waals surface area contributed by atoms with Crippen LogP contribution in [0.25, 0.3) is 0 Å². The quantitative estimate of drug-likeness (QED) is 0.530. The van der Waals surface area contributed by atoms with Gasteiger partial charge in [-0.3, -0.25) is 9.59 Å². The Morgan fingerprint density at radius 1 is 1.18 bits per heavy atom. The minimum absolute atomic E-state index is 0.0675.